The summed E-state index contributed by atoms with van der Waals surface area (Å²) in [5.41, 5.74) is 34.2. The third kappa shape index (κ3) is 15.6. The Bertz CT molecular complexity index is 4680. The normalized spacial score (nSPS) is 13.1. The summed E-state index contributed by atoms with van der Waals surface area (Å²) in [6.07, 6.45) is 0. The number of fused-ring (bicyclic) bond motifs is 19. The van der Waals surface area contributed by atoms with Gasteiger partial charge < -0.3 is 0 Å². The topological polar surface area (TPSA) is 0 Å². The van der Waals surface area contributed by atoms with E-state index < -0.39 is 0 Å². The Morgan fingerprint density at radius 2 is 0.530 bits per heavy atom. The van der Waals surface area contributed by atoms with E-state index in [4.69, 9.17) is 0 Å². The fourth-order valence-electron chi connectivity index (χ4n) is 15.3. The standard InChI is InChI=1S/4C21H20.8C2H6/c1-13-5-8-16-15(11-13)7-10-18-17-9-6-14(2)12-19(17)21(3,4)20(16)18;1-13-5-7-15-11-18-17-8-6-14(2)10-19(17)21(3,4)20(18)12-16(15)9-13;1-13-8-9-17-19(12-13)21(3,4)18-11-10-15-14(2)6-5-7-16(15)20(17)18;1-13-9-10-17-18(11-13)21(3,4)19-12-14(2)15-7-5-6-8-16(15)20(17)19;8*1-2/h4*5-12H,1-4H3;8*1-2H3. The SMILES string of the molecule is CC.CC.CC.CC.CC.CC.CC.CC.Cc1ccc2c(c1)C(C)(C)c1c-2ccc2cc(C)ccc12.Cc1ccc2c(c1)C(C)(C)c1cc(C)c3ccccc3c1-2.Cc1ccc2c(c1)C(C)(C)c1cc3cc(C)ccc3cc1-2.Cc1ccc2c(c1)C(C)(C)c1ccc3c(C)cccc3c1-2. The highest BCUT2D eigenvalue weighted by Crippen LogP contribution is 2.55. The van der Waals surface area contributed by atoms with E-state index in [1.54, 1.807) is 0 Å². The molecule has 4 aliphatic carbocycles. The summed E-state index contributed by atoms with van der Waals surface area (Å²) in [6.45, 7) is 68.3. The van der Waals surface area contributed by atoms with Crippen LogP contribution in [0.4, 0.5) is 0 Å². The van der Waals surface area contributed by atoms with Gasteiger partial charge in [0.05, 0.1) is 0 Å². The van der Waals surface area contributed by atoms with Crippen LogP contribution in [0, 0.1) is 55.4 Å². The lowest BCUT2D eigenvalue weighted by Gasteiger charge is -2.23. The highest BCUT2D eigenvalue weighted by molar-refractivity contribution is 6.05. The molecule has 100 heavy (non-hydrogen) atoms. The molecule has 0 unspecified atom stereocenters. The first kappa shape index (κ1) is 82.3. The molecule has 0 bridgehead atoms. The van der Waals surface area contributed by atoms with Crippen molar-refractivity contribution in [3.63, 3.8) is 0 Å². The van der Waals surface area contributed by atoms with Crippen LogP contribution in [0.15, 0.2) is 194 Å². The molecule has 0 heterocycles. The largest absolute Gasteiger partial charge is 0.0683 e. The molecular weight excluding hydrogens is 1200 g/mol. The van der Waals surface area contributed by atoms with Crippen molar-refractivity contribution in [2.24, 2.45) is 0 Å². The maximum absolute atomic E-state index is 2.40. The smallest absolute Gasteiger partial charge is 0.0165 e. The molecule has 4 aliphatic rings. The summed E-state index contributed by atoms with van der Waals surface area (Å²) in [6, 6.07) is 72.9. The molecule has 16 rings (SSSR count). The molecule has 12 aromatic rings. The average molecular weight is 1330 g/mol. The molecule has 0 amide bonds. The van der Waals surface area contributed by atoms with E-state index in [0.29, 0.717) is 0 Å². The van der Waals surface area contributed by atoms with Crippen LogP contribution < -0.4 is 0 Å². The van der Waals surface area contributed by atoms with E-state index in [1.165, 1.54) is 177 Å². The van der Waals surface area contributed by atoms with E-state index in [9.17, 15) is 0 Å². The van der Waals surface area contributed by atoms with Gasteiger partial charge in [-0.3, -0.25) is 0 Å². The van der Waals surface area contributed by atoms with Gasteiger partial charge in [0.15, 0.2) is 0 Å². The Balaban J connectivity index is 0.000000225. The van der Waals surface area contributed by atoms with Crippen LogP contribution in [0.2, 0.25) is 0 Å². The monoisotopic (exact) mass is 1330 g/mol. The second kappa shape index (κ2) is 35.3. The molecule has 0 aromatic heterocycles. The first-order chi connectivity index (χ1) is 47.9. The molecule has 0 atom stereocenters. The average Bonchev–Trinajstić information content (AvgIpc) is 1.59. The van der Waals surface area contributed by atoms with Crippen molar-refractivity contribution in [1.82, 2.24) is 0 Å². The van der Waals surface area contributed by atoms with Crippen molar-refractivity contribution in [1.29, 1.82) is 0 Å². The van der Waals surface area contributed by atoms with Crippen molar-refractivity contribution < 1.29 is 0 Å². The number of benzene rings is 12. The summed E-state index contributed by atoms with van der Waals surface area (Å²) in [5, 5.41) is 11.0. The maximum Gasteiger partial charge on any atom is 0.0165 e. The molecule has 0 saturated heterocycles. The molecular formula is C100H128. The lowest BCUT2D eigenvalue weighted by molar-refractivity contribution is 0.659. The van der Waals surface area contributed by atoms with Gasteiger partial charge >= 0.3 is 0 Å². The van der Waals surface area contributed by atoms with Crippen LogP contribution in [0.3, 0.4) is 0 Å². The van der Waals surface area contributed by atoms with Crippen molar-refractivity contribution in [3.05, 3.63) is 283 Å². The molecule has 528 valence electrons. The Morgan fingerprint density at radius 3 is 1.05 bits per heavy atom. The molecule has 12 aromatic carbocycles. The fraction of sp³-hybridized carbons (Fsp3) is 0.360. The molecule has 0 spiro atoms. The van der Waals surface area contributed by atoms with E-state index in [0.717, 1.165) is 0 Å². The van der Waals surface area contributed by atoms with Crippen LogP contribution >= 0.6 is 0 Å². The van der Waals surface area contributed by atoms with Gasteiger partial charge in [-0.05, 0) is 211 Å². The van der Waals surface area contributed by atoms with E-state index in [1.807, 2.05) is 111 Å². The minimum atomic E-state index is 0.0749. The Kier molecular flexibility index (Phi) is 29.1. The second-order valence-electron chi connectivity index (χ2n) is 27.5. The third-order valence-electron chi connectivity index (χ3n) is 20.0. The second-order valence-corrected chi connectivity index (χ2v) is 27.5. The minimum Gasteiger partial charge on any atom is -0.0683 e. The Labute approximate surface area is 610 Å². The first-order valence-electron chi connectivity index (χ1n) is 38.6. The molecule has 0 radical (unpaired) electrons. The van der Waals surface area contributed by atoms with Gasteiger partial charge in [-0.2, -0.15) is 0 Å². The number of hydrogen-bond donors (Lipinski definition) is 0. The summed E-state index contributed by atoms with van der Waals surface area (Å²) in [7, 11) is 0. The van der Waals surface area contributed by atoms with E-state index in [-0.39, 0.29) is 21.7 Å². The fourth-order valence-corrected chi connectivity index (χ4v) is 15.3. The predicted molar refractivity (Wildman–Crippen MR) is 455 cm³/mol. The van der Waals surface area contributed by atoms with Gasteiger partial charge in [-0.25, -0.2) is 0 Å². The summed E-state index contributed by atoms with van der Waals surface area (Å²) >= 11 is 0. The van der Waals surface area contributed by atoms with Gasteiger partial charge in [0.1, 0.15) is 0 Å². The molecule has 0 fully saturated rings. The zero-order valence-corrected chi connectivity index (χ0v) is 68.5. The van der Waals surface area contributed by atoms with Crippen LogP contribution in [0.25, 0.3) is 87.6 Å². The van der Waals surface area contributed by atoms with Gasteiger partial charge in [0.25, 0.3) is 0 Å². The zero-order chi connectivity index (χ0) is 75.1. The lowest BCUT2D eigenvalue weighted by atomic mass is 9.80. The third-order valence-corrected chi connectivity index (χ3v) is 20.0. The highest BCUT2D eigenvalue weighted by Gasteiger charge is 2.40. The van der Waals surface area contributed by atoms with E-state index >= 15 is 0 Å². The molecule has 0 heteroatoms. The van der Waals surface area contributed by atoms with Crippen molar-refractivity contribution in [3.8, 4) is 44.5 Å². The van der Waals surface area contributed by atoms with Crippen molar-refractivity contribution in [2.45, 2.75) is 243 Å². The summed E-state index contributed by atoms with van der Waals surface area (Å²) in [5.74, 6) is 0. The van der Waals surface area contributed by atoms with Crippen LogP contribution in [-0.2, 0) is 21.7 Å². The summed E-state index contributed by atoms with van der Waals surface area (Å²) < 4.78 is 0. The van der Waals surface area contributed by atoms with Gasteiger partial charge in [-0.15, -0.1) is 0 Å². The molecule has 0 saturated carbocycles. The summed E-state index contributed by atoms with van der Waals surface area (Å²) in [4.78, 5) is 0. The van der Waals surface area contributed by atoms with Crippen LogP contribution in [0.5, 0.6) is 0 Å². The van der Waals surface area contributed by atoms with E-state index in [2.05, 4.69) is 305 Å². The van der Waals surface area contributed by atoms with Gasteiger partial charge in [0, 0.05) is 21.7 Å². The number of aryl methyl sites for hydroxylation is 8. The van der Waals surface area contributed by atoms with Crippen molar-refractivity contribution >= 4 is 43.1 Å². The molecule has 0 aliphatic heterocycles. The highest BCUT2D eigenvalue weighted by atomic mass is 14.4. The Hall–Kier alpha value is -8.32. The van der Waals surface area contributed by atoms with Gasteiger partial charge in [-0.1, -0.05) is 382 Å². The van der Waals surface area contributed by atoms with Crippen LogP contribution in [0.1, 0.15) is 255 Å². The van der Waals surface area contributed by atoms with Crippen molar-refractivity contribution in [2.75, 3.05) is 0 Å². The molecule has 0 nitrogen and oxygen atoms in total. The Morgan fingerprint density at radius 1 is 0.190 bits per heavy atom. The number of rotatable bonds is 0. The molecule has 0 N–H and O–H groups in total. The number of hydrogen-bond acceptors (Lipinski definition) is 0. The maximum atomic E-state index is 2.40. The lowest BCUT2D eigenvalue weighted by Crippen LogP contribution is -2.15. The quantitative estimate of drug-likeness (QED) is 0.142. The van der Waals surface area contributed by atoms with Gasteiger partial charge in [0.2, 0.25) is 0 Å². The first-order valence-corrected chi connectivity index (χ1v) is 38.6. The zero-order valence-electron chi connectivity index (χ0n) is 68.5. The van der Waals surface area contributed by atoms with Crippen LogP contribution in [-0.4, -0.2) is 0 Å². The minimum absolute atomic E-state index is 0.0749. The predicted octanol–water partition coefficient (Wildman–Crippen LogP) is 31.3.